The smallest absolute Gasteiger partial charge is 0.251 e. The van der Waals surface area contributed by atoms with Crippen LogP contribution in [0.1, 0.15) is 10.4 Å². The van der Waals surface area contributed by atoms with Crippen molar-refractivity contribution in [2.24, 2.45) is 0 Å². The van der Waals surface area contributed by atoms with Crippen LogP contribution in [0.4, 0.5) is 17.2 Å². The number of benzene rings is 1. The average molecular weight is 412 g/mol. The fourth-order valence-electron chi connectivity index (χ4n) is 3.62. The molecule has 2 fully saturated rings. The van der Waals surface area contributed by atoms with Crippen LogP contribution in [0.2, 0.25) is 0 Å². The maximum atomic E-state index is 12.5. The molecule has 30 heavy (non-hydrogen) atoms. The Morgan fingerprint density at radius 1 is 0.967 bits per heavy atom. The van der Waals surface area contributed by atoms with Gasteiger partial charge >= 0.3 is 0 Å². The number of rotatable bonds is 7. The highest BCUT2D eigenvalue weighted by molar-refractivity contribution is 5.94. The molecule has 3 heterocycles. The van der Waals surface area contributed by atoms with Gasteiger partial charge in [0.2, 0.25) is 0 Å². The predicted molar refractivity (Wildman–Crippen MR) is 117 cm³/mol. The van der Waals surface area contributed by atoms with E-state index in [2.05, 4.69) is 37.6 Å². The second kappa shape index (κ2) is 10.4. The molecule has 2 aromatic rings. The number of nitrogens with one attached hydrogen (secondary N) is 2. The Morgan fingerprint density at radius 3 is 2.40 bits per heavy atom. The lowest BCUT2D eigenvalue weighted by Crippen LogP contribution is -2.41. The molecular formula is C22H29N5O3. The van der Waals surface area contributed by atoms with Gasteiger partial charge < -0.3 is 25.0 Å². The minimum absolute atomic E-state index is 0.0867. The summed E-state index contributed by atoms with van der Waals surface area (Å²) < 4.78 is 10.8. The van der Waals surface area contributed by atoms with E-state index in [-0.39, 0.29) is 5.91 Å². The first-order valence-electron chi connectivity index (χ1n) is 10.5. The number of morpholine rings is 2. The molecule has 8 nitrogen and oxygen atoms in total. The molecule has 4 rings (SSSR count). The number of anilines is 3. The van der Waals surface area contributed by atoms with Crippen LogP contribution in [0.15, 0.2) is 42.6 Å². The van der Waals surface area contributed by atoms with Crippen LogP contribution in [0.5, 0.6) is 0 Å². The van der Waals surface area contributed by atoms with Gasteiger partial charge in [0.25, 0.3) is 5.91 Å². The molecule has 0 aliphatic carbocycles. The van der Waals surface area contributed by atoms with Gasteiger partial charge in [0.1, 0.15) is 5.82 Å². The number of pyridine rings is 1. The lowest BCUT2D eigenvalue weighted by Gasteiger charge is -2.28. The molecule has 0 radical (unpaired) electrons. The Kier molecular flexibility index (Phi) is 7.12. The normalized spacial score (nSPS) is 17.5. The van der Waals surface area contributed by atoms with Gasteiger partial charge in [-0.1, -0.05) is 0 Å². The van der Waals surface area contributed by atoms with Crippen LogP contribution in [-0.4, -0.2) is 81.5 Å². The van der Waals surface area contributed by atoms with Crippen LogP contribution >= 0.6 is 0 Å². The van der Waals surface area contributed by atoms with Crippen molar-refractivity contribution in [3.63, 3.8) is 0 Å². The molecule has 2 aliphatic heterocycles. The molecule has 0 spiro atoms. The van der Waals surface area contributed by atoms with Crippen molar-refractivity contribution in [3.05, 3.63) is 48.2 Å². The molecule has 2 N–H and O–H groups in total. The topological polar surface area (TPSA) is 79.0 Å². The van der Waals surface area contributed by atoms with E-state index in [0.29, 0.717) is 17.9 Å². The first-order valence-corrected chi connectivity index (χ1v) is 10.5. The third-order valence-electron chi connectivity index (χ3n) is 5.36. The Morgan fingerprint density at radius 2 is 1.67 bits per heavy atom. The monoisotopic (exact) mass is 411 g/mol. The maximum Gasteiger partial charge on any atom is 0.251 e. The molecule has 1 aromatic carbocycles. The van der Waals surface area contributed by atoms with Gasteiger partial charge in [-0.15, -0.1) is 0 Å². The molecule has 0 bridgehead atoms. The summed E-state index contributed by atoms with van der Waals surface area (Å²) in [7, 11) is 0. The summed E-state index contributed by atoms with van der Waals surface area (Å²) in [4.78, 5) is 21.4. The fraction of sp³-hybridized carbons (Fsp3) is 0.455. The highest BCUT2D eigenvalue weighted by Crippen LogP contribution is 2.21. The molecule has 2 aliphatic rings. The number of aromatic nitrogens is 1. The molecule has 0 saturated carbocycles. The average Bonchev–Trinajstić information content (AvgIpc) is 2.81. The third kappa shape index (κ3) is 5.69. The second-order valence-electron chi connectivity index (χ2n) is 7.41. The Bertz CT molecular complexity index is 818. The first kappa shape index (κ1) is 20.6. The lowest BCUT2D eigenvalue weighted by molar-refractivity contribution is 0.0383. The number of hydrogen-bond donors (Lipinski definition) is 2. The third-order valence-corrected chi connectivity index (χ3v) is 5.36. The van der Waals surface area contributed by atoms with Crippen LogP contribution in [0, 0.1) is 0 Å². The Labute approximate surface area is 177 Å². The first-order chi connectivity index (χ1) is 14.8. The summed E-state index contributed by atoms with van der Waals surface area (Å²) in [5, 5.41) is 6.27. The molecule has 1 aromatic heterocycles. The highest BCUT2D eigenvalue weighted by Gasteiger charge is 2.12. The molecular weight excluding hydrogens is 382 g/mol. The van der Waals surface area contributed by atoms with Crippen molar-refractivity contribution < 1.29 is 14.3 Å². The van der Waals surface area contributed by atoms with Gasteiger partial charge in [-0.05, 0) is 36.4 Å². The molecule has 160 valence electrons. The van der Waals surface area contributed by atoms with Gasteiger partial charge in [0.15, 0.2) is 0 Å². The van der Waals surface area contributed by atoms with Gasteiger partial charge in [-0.3, -0.25) is 9.69 Å². The zero-order valence-corrected chi connectivity index (χ0v) is 17.2. The maximum absolute atomic E-state index is 12.5. The number of carbonyl (C=O) groups is 1. The largest absolute Gasteiger partial charge is 0.379 e. The summed E-state index contributed by atoms with van der Waals surface area (Å²) >= 11 is 0. The van der Waals surface area contributed by atoms with E-state index in [9.17, 15) is 4.79 Å². The minimum atomic E-state index is -0.0867. The van der Waals surface area contributed by atoms with Gasteiger partial charge in [0.05, 0.1) is 26.4 Å². The number of carbonyl (C=O) groups excluding carboxylic acids is 1. The van der Waals surface area contributed by atoms with Crippen LogP contribution in [0.25, 0.3) is 0 Å². The van der Waals surface area contributed by atoms with E-state index in [1.807, 2.05) is 12.1 Å². The molecule has 0 unspecified atom stereocenters. The Hall–Kier alpha value is -2.68. The van der Waals surface area contributed by atoms with Crippen molar-refractivity contribution in [1.82, 2.24) is 15.2 Å². The minimum Gasteiger partial charge on any atom is -0.379 e. The lowest BCUT2D eigenvalue weighted by atomic mass is 10.2. The van der Waals surface area contributed by atoms with Crippen molar-refractivity contribution in [2.75, 3.05) is 75.9 Å². The van der Waals surface area contributed by atoms with E-state index in [4.69, 9.17) is 9.47 Å². The van der Waals surface area contributed by atoms with Crippen molar-refractivity contribution in [1.29, 1.82) is 0 Å². The van der Waals surface area contributed by atoms with E-state index < -0.39 is 0 Å². The van der Waals surface area contributed by atoms with Crippen molar-refractivity contribution in [2.45, 2.75) is 0 Å². The summed E-state index contributed by atoms with van der Waals surface area (Å²) in [6.07, 6.45) is 1.65. The zero-order chi connectivity index (χ0) is 20.6. The van der Waals surface area contributed by atoms with Crippen LogP contribution < -0.4 is 15.5 Å². The SMILES string of the molecule is O=C(NCCN1CCOCC1)c1ccnc(Nc2ccc(N3CCOCC3)cc2)c1. The summed E-state index contributed by atoms with van der Waals surface area (Å²) in [5.74, 6) is 0.561. The van der Waals surface area contributed by atoms with Gasteiger partial charge in [-0.2, -0.15) is 0 Å². The second-order valence-corrected chi connectivity index (χ2v) is 7.41. The number of ether oxygens (including phenoxy) is 2. The van der Waals surface area contributed by atoms with E-state index in [0.717, 1.165) is 64.8 Å². The van der Waals surface area contributed by atoms with E-state index in [1.54, 1.807) is 18.3 Å². The van der Waals surface area contributed by atoms with Gasteiger partial charge in [-0.25, -0.2) is 4.98 Å². The fourth-order valence-corrected chi connectivity index (χ4v) is 3.62. The van der Waals surface area contributed by atoms with Crippen molar-refractivity contribution in [3.8, 4) is 0 Å². The van der Waals surface area contributed by atoms with E-state index in [1.165, 1.54) is 5.69 Å². The van der Waals surface area contributed by atoms with Crippen LogP contribution in [-0.2, 0) is 9.47 Å². The Balaban J connectivity index is 1.29. The highest BCUT2D eigenvalue weighted by atomic mass is 16.5. The molecule has 8 heteroatoms. The molecule has 2 saturated heterocycles. The van der Waals surface area contributed by atoms with Crippen LogP contribution in [0.3, 0.4) is 0 Å². The van der Waals surface area contributed by atoms with E-state index >= 15 is 0 Å². The summed E-state index contributed by atoms with van der Waals surface area (Å²) in [6, 6.07) is 11.8. The standard InChI is InChI=1S/C22H29N5O3/c28-22(24-7-8-26-9-13-29-14-10-26)18-5-6-23-21(17-18)25-19-1-3-20(4-2-19)27-11-15-30-16-12-27/h1-6,17H,7-16H2,(H,23,25)(H,24,28). The number of amides is 1. The molecule has 1 amide bonds. The summed E-state index contributed by atoms with van der Waals surface area (Å²) in [6.45, 7) is 8.19. The summed E-state index contributed by atoms with van der Waals surface area (Å²) in [5.41, 5.74) is 2.72. The number of nitrogens with zero attached hydrogens (tertiary/aromatic N) is 3. The quantitative estimate of drug-likeness (QED) is 0.718. The van der Waals surface area contributed by atoms with Gasteiger partial charge in [0, 0.05) is 62.4 Å². The predicted octanol–water partition coefficient (Wildman–Crippen LogP) is 1.72. The number of hydrogen-bond acceptors (Lipinski definition) is 7. The van der Waals surface area contributed by atoms with Crippen molar-refractivity contribution >= 4 is 23.1 Å². The zero-order valence-electron chi connectivity index (χ0n) is 17.2. The molecule has 0 atom stereocenters.